The summed E-state index contributed by atoms with van der Waals surface area (Å²) in [6.45, 7) is 0.235. The third-order valence-electron chi connectivity index (χ3n) is 2.99. The van der Waals surface area contributed by atoms with E-state index in [4.69, 9.17) is 22.0 Å². The van der Waals surface area contributed by atoms with Crippen LogP contribution in [0, 0.1) is 12.3 Å². The smallest absolute Gasteiger partial charge is 0.280 e. The molecular weight excluding hydrogens is 297 g/mol. The van der Waals surface area contributed by atoms with Crippen molar-refractivity contribution in [1.82, 2.24) is 19.5 Å². The van der Waals surface area contributed by atoms with E-state index < -0.39 is 30.4 Å². The summed E-state index contributed by atoms with van der Waals surface area (Å²) in [6.07, 6.45) is 3.07. The summed E-state index contributed by atoms with van der Waals surface area (Å²) < 4.78 is 20.5. The number of rotatable bonds is 5. The van der Waals surface area contributed by atoms with Crippen molar-refractivity contribution in [2.24, 2.45) is 0 Å². The number of nitrogens with one attached hydrogen (secondary N) is 1. The topological polar surface area (TPSA) is 139 Å². The van der Waals surface area contributed by atoms with Crippen LogP contribution < -0.4 is 11.3 Å². The number of aromatic nitrogens is 4. The standard InChI is InChI=1S/C12H14FN5O4/c1-3-7(20)12(13,4-19)22-6(2)18-5-15-8-9(18)16-11(14)17-10(8)21/h1,5-7,19-20H,4H2,2H3,(H3,14,16,17,21). The van der Waals surface area contributed by atoms with Crippen LogP contribution in [-0.4, -0.2) is 48.3 Å². The highest BCUT2D eigenvalue weighted by Crippen LogP contribution is 2.25. The molecule has 0 fully saturated rings. The maximum atomic E-state index is 14.3. The van der Waals surface area contributed by atoms with Gasteiger partial charge in [-0.3, -0.25) is 14.3 Å². The van der Waals surface area contributed by atoms with E-state index in [2.05, 4.69) is 15.0 Å². The number of H-pyrrole nitrogens is 1. The molecule has 0 saturated heterocycles. The first-order chi connectivity index (χ1) is 10.3. The molecule has 2 heterocycles. The lowest BCUT2D eigenvalue weighted by atomic mass is 10.2. The summed E-state index contributed by atoms with van der Waals surface area (Å²) >= 11 is 0. The van der Waals surface area contributed by atoms with E-state index in [-0.39, 0.29) is 17.1 Å². The number of alkyl halides is 1. The van der Waals surface area contributed by atoms with Crippen molar-refractivity contribution in [2.75, 3.05) is 12.3 Å². The lowest BCUT2D eigenvalue weighted by Crippen LogP contribution is -2.44. The van der Waals surface area contributed by atoms with Gasteiger partial charge in [-0.05, 0) is 6.92 Å². The van der Waals surface area contributed by atoms with Crippen molar-refractivity contribution >= 4 is 17.1 Å². The van der Waals surface area contributed by atoms with Gasteiger partial charge in [0.15, 0.2) is 17.3 Å². The van der Waals surface area contributed by atoms with Crippen molar-refractivity contribution in [3.05, 3.63) is 16.7 Å². The molecule has 0 radical (unpaired) electrons. The van der Waals surface area contributed by atoms with E-state index in [0.717, 1.165) is 0 Å². The average Bonchev–Trinajstić information content (AvgIpc) is 2.90. The number of hydrogen-bond acceptors (Lipinski definition) is 7. The van der Waals surface area contributed by atoms with Gasteiger partial charge in [0.25, 0.3) is 11.4 Å². The van der Waals surface area contributed by atoms with E-state index in [1.54, 1.807) is 5.92 Å². The second-order valence-electron chi connectivity index (χ2n) is 4.51. The monoisotopic (exact) mass is 311 g/mol. The van der Waals surface area contributed by atoms with Gasteiger partial charge in [-0.1, -0.05) is 5.92 Å². The molecule has 3 atom stereocenters. The second kappa shape index (κ2) is 5.72. The number of aliphatic hydroxyl groups excluding tert-OH is 2. The predicted octanol–water partition coefficient (Wildman–Crippen LogP) is -1.11. The van der Waals surface area contributed by atoms with Gasteiger partial charge in [-0.25, -0.2) is 9.37 Å². The largest absolute Gasteiger partial charge is 0.390 e. The normalized spacial score (nSPS) is 16.9. The number of terminal acetylenes is 1. The van der Waals surface area contributed by atoms with Gasteiger partial charge in [0.05, 0.1) is 6.33 Å². The molecule has 0 saturated carbocycles. The van der Waals surface area contributed by atoms with Crippen molar-refractivity contribution in [3.63, 3.8) is 0 Å². The minimum absolute atomic E-state index is 0.0180. The summed E-state index contributed by atoms with van der Waals surface area (Å²) in [6, 6.07) is 0. The predicted molar refractivity (Wildman–Crippen MR) is 74.1 cm³/mol. The fraction of sp³-hybridized carbons (Fsp3) is 0.417. The van der Waals surface area contributed by atoms with Crippen LogP contribution in [0.5, 0.6) is 0 Å². The molecule has 22 heavy (non-hydrogen) atoms. The number of aromatic amines is 1. The molecule has 10 heteroatoms. The van der Waals surface area contributed by atoms with E-state index in [9.17, 15) is 14.3 Å². The first-order valence-corrected chi connectivity index (χ1v) is 6.16. The van der Waals surface area contributed by atoms with Gasteiger partial charge >= 0.3 is 0 Å². The van der Waals surface area contributed by atoms with Crippen LogP contribution >= 0.6 is 0 Å². The molecule has 2 aromatic heterocycles. The SMILES string of the molecule is C#CC(O)C(F)(CO)OC(C)n1cnc2c(=O)[nH]c(N)nc21. The number of fused-ring (bicyclic) bond motifs is 1. The van der Waals surface area contributed by atoms with E-state index >= 15 is 0 Å². The van der Waals surface area contributed by atoms with Crippen LogP contribution in [0.3, 0.4) is 0 Å². The molecule has 0 aliphatic heterocycles. The van der Waals surface area contributed by atoms with Gasteiger partial charge in [0.1, 0.15) is 12.8 Å². The Kier molecular flexibility index (Phi) is 4.14. The fourth-order valence-corrected chi connectivity index (χ4v) is 1.86. The molecule has 0 aliphatic carbocycles. The van der Waals surface area contributed by atoms with E-state index in [1.807, 2.05) is 0 Å². The number of halogens is 1. The van der Waals surface area contributed by atoms with Crippen LogP contribution in [-0.2, 0) is 4.74 Å². The number of aliphatic hydroxyl groups is 2. The average molecular weight is 311 g/mol. The van der Waals surface area contributed by atoms with Crippen molar-refractivity contribution in [2.45, 2.75) is 25.1 Å². The van der Waals surface area contributed by atoms with Gasteiger partial charge in [0.2, 0.25) is 5.95 Å². The zero-order valence-corrected chi connectivity index (χ0v) is 11.5. The van der Waals surface area contributed by atoms with Crippen LogP contribution in [0.1, 0.15) is 13.2 Å². The van der Waals surface area contributed by atoms with Gasteiger partial charge in [-0.15, -0.1) is 6.42 Å². The number of ether oxygens (including phenoxy) is 1. The summed E-state index contributed by atoms with van der Waals surface area (Å²) in [5.41, 5.74) is 4.92. The zero-order chi connectivity index (χ0) is 16.5. The third-order valence-corrected chi connectivity index (χ3v) is 2.99. The summed E-state index contributed by atoms with van der Waals surface area (Å²) in [5.74, 6) is -1.28. The van der Waals surface area contributed by atoms with Crippen LogP contribution in [0.15, 0.2) is 11.1 Å². The van der Waals surface area contributed by atoms with Crippen LogP contribution in [0.4, 0.5) is 10.3 Å². The lowest BCUT2D eigenvalue weighted by Gasteiger charge is -2.29. The molecule has 5 N–H and O–H groups in total. The first-order valence-electron chi connectivity index (χ1n) is 6.16. The molecular formula is C12H14FN5O4. The number of nitrogens with zero attached hydrogens (tertiary/aromatic N) is 3. The number of imidazole rings is 1. The summed E-state index contributed by atoms with van der Waals surface area (Å²) in [7, 11) is 0. The summed E-state index contributed by atoms with van der Waals surface area (Å²) in [5, 5.41) is 18.5. The first kappa shape index (κ1) is 15.9. The van der Waals surface area contributed by atoms with Crippen LogP contribution in [0.25, 0.3) is 11.2 Å². The second-order valence-corrected chi connectivity index (χ2v) is 4.51. The molecule has 0 aromatic carbocycles. The Bertz CT molecular complexity index is 782. The molecule has 0 amide bonds. The van der Waals surface area contributed by atoms with Crippen LogP contribution in [0.2, 0.25) is 0 Å². The quantitative estimate of drug-likeness (QED) is 0.513. The summed E-state index contributed by atoms with van der Waals surface area (Å²) in [4.78, 5) is 21.7. The highest BCUT2D eigenvalue weighted by Gasteiger charge is 2.40. The van der Waals surface area contributed by atoms with Crippen molar-refractivity contribution < 1.29 is 19.3 Å². The number of anilines is 1. The number of hydrogen-bond donors (Lipinski definition) is 4. The van der Waals surface area contributed by atoms with Gasteiger partial charge in [0, 0.05) is 0 Å². The zero-order valence-electron chi connectivity index (χ0n) is 11.5. The number of nitrogens with two attached hydrogens (primary N) is 1. The minimum Gasteiger partial charge on any atom is -0.390 e. The minimum atomic E-state index is -2.88. The Hall–Kier alpha value is -2.48. The maximum Gasteiger partial charge on any atom is 0.280 e. The maximum absolute atomic E-state index is 14.3. The Balaban J connectivity index is 2.40. The molecule has 9 nitrogen and oxygen atoms in total. The van der Waals surface area contributed by atoms with E-state index in [0.29, 0.717) is 0 Å². The molecule has 118 valence electrons. The highest BCUT2D eigenvalue weighted by atomic mass is 19.2. The molecule has 0 bridgehead atoms. The molecule has 3 unspecified atom stereocenters. The fourth-order valence-electron chi connectivity index (χ4n) is 1.86. The third kappa shape index (κ3) is 2.64. The van der Waals surface area contributed by atoms with Crippen molar-refractivity contribution in [1.29, 1.82) is 0 Å². The van der Waals surface area contributed by atoms with Crippen molar-refractivity contribution in [3.8, 4) is 12.3 Å². The van der Waals surface area contributed by atoms with Gasteiger partial charge in [-0.2, -0.15) is 4.98 Å². The Labute approximate surface area is 123 Å². The Morgan fingerprint density at radius 1 is 1.73 bits per heavy atom. The Morgan fingerprint density at radius 3 is 3.00 bits per heavy atom. The van der Waals surface area contributed by atoms with Gasteiger partial charge < -0.3 is 20.7 Å². The molecule has 0 aliphatic rings. The van der Waals surface area contributed by atoms with E-state index in [1.165, 1.54) is 17.8 Å². The molecule has 2 rings (SSSR count). The lowest BCUT2D eigenvalue weighted by molar-refractivity contribution is -0.247. The molecule has 0 spiro atoms. The Morgan fingerprint density at radius 2 is 2.41 bits per heavy atom. The number of nitrogen functional groups attached to an aromatic ring is 1. The highest BCUT2D eigenvalue weighted by molar-refractivity contribution is 5.70. The molecule has 2 aromatic rings.